The summed E-state index contributed by atoms with van der Waals surface area (Å²) in [5, 5.41) is 7.53. The van der Waals surface area contributed by atoms with Crippen LogP contribution in [-0.2, 0) is 31.9 Å². The van der Waals surface area contributed by atoms with Gasteiger partial charge in [0.1, 0.15) is 23.7 Å². The number of H-pyrrole nitrogens is 2. The van der Waals surface area contributed by atoms with Gasteiger partial charge in [0.05, 0.1) is 55.3 Å². The Morgan fingerprint density at radius 2 is 1.56 bits per heavy atom. The lowest BCUT2D eigenvalue weighted by Crippen LogP contribution is -2.51. The zero-order valence-electron chi connectivity index (χ0n) is 34.4. The van der Waals surface area contributed by atoms with E-state index in [0.717, 1.165) is 74.2 Å². The van der Waals surface area contributed by atoms with E-state index in [9.17, 15) is 19.2 Å². The lowest BCUT2D eigenvalue weighted by atomic mass is 10.0. The Balaban J connectivity index is 0.897. The Labute approximate surface area is 352 Å². The number of hydrogen-bond donors (Lipinski definition) is 4. The molecule has 15 heteroatoms. The van der Waals surface area contributed by atoms with Crippen molar-refractivity contribution in [3.63, 3.8) is 0 Å². The molecule has 0 saturated carbocycles. The fourth-order valence-corrected chi connectivity index (χ4v) is 8.97. The lowest BCUT2D eigenvalue weighted by molar-refractivity contribution is -0.135. The Morgan fingerprint density at radius 3 is 2.28 bits per heavy atom. The number of carbonyl (C=O) groups is 4. The number of pyridine rings is 1. The van der Waals surface area contributed by atoms with Crippen LogP contribution >= 0.6 is 0 Å². The van der Waals surface area contributed by atoms with Crippen LogP contribution in [-0.4, -0.2) is 86.7 Å². The first-order valence-electron chi connectivity index (χ1n) is 20.6. The monoisotopic (exact) mass is 821 g/mol. The van der Waals surface area contributed by atoms with Crippen LogP contribution in [0.1, 0.15) is 68.0 Å². The van der Waals surface area contributed by atoms with Crippen LogP contribution < -0.4 is 15.5 Å². The third kappa shape index (κ3) is 7.44. The number of aromatic amines is 2. The van der Waals surface area contributed by atoms with E-state index in [1.165, 1.54) is 14.2 Å². The van der Waals surface area contributed by atoms with Gasteiger partial charge in [-0.25, -0.2) is 19.6 Å². The second kappa shape index (κ2) is 16.2. The number of likely N-dealkylation sites (tertiary alicyclic amines) is 1. The molecule has 3 aromatic heterocycles. The van der Waals surface area contributed by atoms with E-state index in [2.05, 4.69) is 62.0 Å². The standard InChI is InChI=1S/C46H47N9O6/c1-25(2)39(53-46(59)61-4)44(57)54-18-6-9-37(54)41-48-24-36(51-41)32-15-16-33(47-22-32)29-12-10-28-20-30(13-11-27(28)19-29)35-23-49-42(50-35)38-21-31-8-5-7-26-14-17-34(52-45(58)60-3)43(56)55(38)40(26)31/h5,7-8,10-13,15-16,19-20,22-25,34,37-39H,6,9,14,17-18,21H2,1-4H3,(H,48,51)(H,49,50)(H,52,58)(H,53,59)/t34-,37-,38-,39-/m0/s1. The van der Waals surface area contributed by atoms with Crippen molar-refractivity contribution in [1.82, 2.24) is 40.5 Å². The van der Waals surface area contributed by atoms with Crippen LogP contribution in [0.4, 0.5) is 15.3 Å². The van der Waals surface area contributed by atoms with Crippen molar-refractivity contribution >= 4 is 40.5 Å². The van der Waals surface area contributed by atoms with Crippen LogP contribution in [0, 0.1) is 5.92 Å². The number of carbonyl (C=O) groups excluding carboxylic acids is 4. The minimum atomic E-state index is -0.706. The van der Waals surface area contributed by atoms with Gasteiger partial charge in [0.25, 0.3) is 0 Å². The number of imidazole rings is 2. The van der Waals surface area contributed by atoms with Crippen molar-refractivity contribution < 1.29 is 28.7 Å². The molecule has 61 heavy (non-hydrogen) atoms. The number of rotatable bonds is 9. The van der Waals surface area contributed by atoms with Gasteiger partial charge < -0.3 is 35.0 Å². The number of aromatic nitrogens is 5. The van der Waals surface area contributed by atoms with Crippen molar-refractivity contribution in [3.8, 4) is 33.8 Å². The van der Waals surface area contributed by atoms with Crippen LogP contribution in [0.25, 0.3) is 44.5 Å². The first kappa shape index (κ1) is 39.4. The molecule has 6 aromatic rings. The van der Waals surface area contributed by atoms with Gasteiger partial charge in [-0.15, -0.1) is 0 Å². The minimum absolute atomic E-state index is 0.115. The van der Waals surface area contributed by atoms with Gasteiger partial charge >= 0.3 is 12.2 Å². The van der Waals surface area contributed by atoms with E-state index in [0.29, 0.717) is 37.5 Å². The summed E-state index contributed by atoms with van der Waals surface area (Å²) in [6, 6.07) is 20.6. The predicted molar refractivity (Wildman–Crippen MR) is 228 cm³/mol. The maximum atomic E-state index is 14.0. The number of fused-ring (bicyclic) bond motifs is 1. The molecule has 4 N–H and O–H groups in total. The normalized spacial score (nSPS) is 18.8. The number of ether oxygens (including phenoxy) is 2. The van der Waals surface area contributed by atoms with E-state index in [-0.39, 0.29) is 29.8 Å². The van der Waals surface area contributed by atoms with Crippen LogP contribution in [0.15, 0.2) is 85.3 Å². The third-order valence-corrected chi connectivity index (χ3v) is 12.1. The summed E-state index contributed by atoms with van der Waals surface area (Å²) in [7, 11) is 2.58. The smallest absolute Gasteiger partial charge is 0.407 e. The molecule has 1 saturated heterocycles. The molecule has 0 aliphatic carbocycles. The van der Waals surface area contributed by atoms with Crippen LogP contribution in [0.2, 0.25) is 0 Å². The number of benzene rings is 3. The summed E-state index contributed by atoms with van der Waals surface area (Å²) in [4.78, 5) is 76.5. The van der Waals surface area contributed by atoms with Crippen molar-refractivity contribution in [2.45, 2.75) is 70.1 Å². The fourth-order valence-electron chi connectivity index (χ4n) is 8.97. The SMILES string of the molecule is COC(=O)N[C@H]1CCc2cccc3c2N(C1=O)[C@H](c1nc(-c2ccc4cc(-c5ccc(-c6cnc([C@@H]7CCCN7C(=O)[C@@H](NC(=O)OC)C(C)C)[nH]6)cn5)ccc4c2)c[nH]1)C3. The quantitative estimate of drug-likeness (QED) is 0.119. The zero-order valence-corrected chi connectivity index (χ0v) is 34.4. The summed E-state index contributed by atoms with van der Waals surface area (Å²) >= 11 is 0. The van der Waals surface area contributed by atoms with Gasteiger partial charge in [0.2, 0.25) is 11.8 Å². The van der Waals surface area contributed by atoms with Crippen molar-refractivity contribution in [3.05, 3.63) is 108 Å². The summed E-state index contributed by atoms with van der Waals surface area (Å²) < 4.78 is 9.58. The molecule has 3 aromatic carbocycles. The molecular weight excluding hydrogens is 775 g/mol. The summed E-state index contributed by atoms with van der Waals surface area (Å²) in [6.45, 7) is 4.37. The molecule has 3 aliphatic rings. The Morgan fingerprint density at radius 1 is 0.820 bits per heavy atom. The third-order valence-electron chi connectivity index (χ3n) is 12.1. The molecule has 6 heterocycles. The molecule has 3 aliphatic heterocycles. The molecule has 15 nitrogen and oxygen atoms in total. The van der Waals surface area contributed by atoms with Gasteiger partial charge in [-0.3, -0.25) is 19.5 Å². The topological polar surface area (TPSA) is 188 Å². The van der Waals surface area contributed by atoms with E-state index in [1.54, 1.807) is 16.0 Å². The number of hydrogen-bond acceptors (Lipinski definition) is 9. The number of nitrogens with zero attached hydrogens (tertiary/aromatic N) is 5. The van der Waals surface area contributed by atoms with Crippen LogP contribution in [0.3, 0.4) is 0 Å². The molecular formula is C46H47N9O6. The minimum Gasteiger partial charge on any atom is -0.453 e. The summed E-state index contributed by atoms with van der Waals surface area (Å²) in [5.41, 5.74) is 8.26. The second-order valence-corrected chi connectivity index (χ2v) is 16.2. The van der Waals surface area contributed by atoms with Crippen molar-refractivity contribution in [2.24, 2.45) is 5.92 Å². The lowest BCUT2D eigenvalue weighted by Gasteiger charge is -2.30. The molecule has 0 bridgehead atoms. The maximum Gasteiger partial charge on any atom is 0.407 e. The molecule has 9 rings (SSSR count). The predicted octanol–water partition coefficient (Wildman–Crippen LogP) is 7.03. The van der Waals surface area contributed by atoms with Gasteiger partial charge in [0, 0.05) is 42.0 Å². The second-order valence-electron chi connectivity index (χ2n) is 16.2. The van der Waals surface area contributed by atoms with Crippen molar-refractivity contribution in [1.29, 1.82) is 0 Å². The van der Waals surface area contributed by atoms with E-state index in [1.807, 2.05) is 56.6 Å². The van der Waals surface area contributed by atoms with Crippen molar-refractivity contribution in [2.75, 3.05) is 25.7 Å². The van der Waals surface area contributed by atoms with Gasteiger partial charge in [-0.1, -0.05) is 56.3 Å². The number of anilines is 1. The average molecular weight is 822 g/mol. The number of nitrogens with one attached hydrogen (secondary N) is 4. The first-order chi connectivity index (χ1) is 29.6. The zero-order chi connectivity index (χ0) is 42.4. The molecule has 312 valence electrons. The molecule has 0 spiro atoms. The summed E-state index contributed by atoms with van der Waals surface area (Å²) in [6.07, 6.45) is 7.57. The summed E-state index contributed by atoms with van der Waals surface area (Å²) in [5.74, 6) is 0.938. The highest BCUT2D eigenvalue weighted by atomic mass is 16.5. The molecule has 4 atom stereocenters. The number of alkyl carbamates (subject to hydrolysis) is 2. The van der Waals surface area contributed by atoms with Gasteiger partial charge in [-0.05, 0) is 77.8 Å². The highest BCUT2D eigenvalue weighted by molar-refractivity contribution is 6.02. The van der Waals surface area contributed by atoms with Crippen LogP contribution in [0.5, 0.6) is 0 Å². The highest BCUT2D eigenvalue weighted by Gasteiger charge is 2.43. The molecule has 0 radical (unpaired) electrons. The number of aryl methyl sites for hydroxylation is 1. The average Bonchev–Trinajstić information content (AvgIpc) is 4.11. The Hall–Kier alpha value is -7.03. The molecule has 0 unspecified atom stereocenters. The van der Waals surface area contributed by atoms with E-state index in [4.69, 9.17) is 19.4 Å². The number of para-hydroxylation sites is 1. The molecule has 4 amide bonds. The maximum absolute atomic E-state index is 14.0. The first-order valence-corrected chi connectivity index (χ1v) is 20.6. The Bertz CT molecular complexity index is 2650. The van der Waals surface area contributed by atoms with Gasteiger partial charge in [-0.2, -0.15) is 0 Å². The fraction of sp³-hybridized carbons (Fsp3) is 0.326. The Kier molecular flexibility index (Phi) is 10.5. The number of methoxy groups -OCH3 is 2. The number of amides is 4. The van der Waals surface area contributed by atoms with E-state index >= 15 is 0 Å². The molecule has 1 fully saturated rings. The highest BCUT2D eigenvalue weighted by Crippen LogP contribution is 2.45. The van der Waals surface area contributed by atoms with Gasteiger partial charge in [0.15, 0.2) is 0 Å². The largest absolute Gasteiger partial charge is 0.453 e. The van der Waals surface area contributed by atoms with E-state index < -0.39 is 24.3 Å².